The Morgan fingerprint density at radius 2 is 1.19 bits per heavy atom. The van der Waals surface area contributed by atoms with E-state index in [1.807, 2.05) is 6.08 Å². The van der Waals surface area contributed by atoms with Crippen LogP contribution in [0.15, 0.2) is 46.6 Å². The molecule has 0 N–H and O–H groups in total. The lowest BCUT2D eigenvalue weighted by atomic mass is 10.0. The summed E-state index contributed by atoms with van der Waals surface area (Å²) >= 11 is 0. The Balaban J connectivity index is 4.77. The van der Waals surface area contributed by atoms with Gasteiger partial charge in [-0.2, -0.15) is 0 Å². The molecule has 0 rings (SSSR count). The van der Waals surface area contributed by atoms with Crippen molar-refractivity contribution < 1.29 is 18.0 Å². The molecule has 0 unspecified atom stereocenters. The third-order valence-corrected chi connectivity index (χ3v) is 7.93. The van der Waals surface area contributed by atoms with Crippen LogP contribution in [0.1, 0.15) is 73.1 Å². The largest absolute Gasteiger partial charge is 0.401 e. The quantitative estimate of drug-likeness (QED) is 0.136. The summed E-state index contributed by atoms with van der Waals surface area (Å²) in [4.78, 5) is 0. The SMILES string of the molecule is COP(=O)(OC)[C@H](/C=C(\C)CC/C=C(\C)CC/C=C(\C)CCC=C(C)C)O[Si](C)(C)C. The highest BCUT2D eigenvalue weighted by molar-refractivity contribution is 7.54. The molecule has 0 aliphatic carbocycles. The Bertz CT molecular complexity index is 687. The van der Waals surface area contributed by atoms with Crippen LogP contribution < -0.4 is 0 Å². The van der Waals surface area contributed by atoms with E-state index in [1.165, 1.54) is 30.9 Å². The lowest BCUT2D eigenvalue weighted by molar-refractivity contribution is 0.209. The standard InChI is InChI=1S/C25H47O4PSi/c1-21(2)14-11-15-22(3)16-12-17-23(4)18-13-19-24(5)20-25(29-31(8,9)10)30(26,27-6)28-7/h14,16,18,20,25H,11-13,15,17,19H2,1-10H3/b22-16+,23-18+,24-20+/t25-/m1/s1. The Morgan fingerprint density at radius 3 is 1.58 bits per heavy atom. The van der Waals surface area contributed by atoms with Crippen LogP contribution in [0.25, 0.3) is 0 Å². The number of allylic oxidation sites excluding steroid dienone is 7. The van der Waals surface area contributed by atoms with Crippen molar-refractivity contribution in [2.45, 2.75) is 98.6 Å². The summed E-state index contributed by atoms with van der Waals surface area (Å²) in [6, 6.07) is 0. The highest BCUT2D eigenvalue weighted by atomic mass is 31.2. The normalized spacial score (nSPS) is 15.2. The van der Waals surface area contributed by atoms with Gasteiger partial charge in [-0.05, 0) is 98.9 Å². The van der Waals surface area contributed by atoms with Gasteiger partial charge in [0.1, 0.15) is 0 Å². The fourth-order valence-corrected chi connectivity index (χ4v) is 6.31. The fraction of sp³-hybridized carbons (Fsp3) is 0.680. The molecular weight excluding hydrogens is 423 g/mol. The first-order valence-electron chi connectivity index (χ1n) is 11.3. The van der Waals surface area contributed by atoms with Gasteiger partial charge < -0.3 is 13.5 Å². The van der Waals surface area contributed by atoms with E-state index in [0.717, 1.165) is 44.1 Å². The maximum atomic E-state index is 12.9. The first-order valence-corrected chi connectivity index (χ1v) is 16.4. The molecule has 0 aromatic heterocycles. The van der Waals surface area contributed by atoms with Gasteiger partial charge in [-0.1, -0.05) is 40.5 Å². The number of rotatable bonds is 15. The zero-order valence-electron chi connectivity index (χ0n) is 21.7. The zero-order valence-corrected chi connectivity index (χ0v) is 23.6. The maximum Gasteiger partial charge on any atom is 0.361 e. The minimum Gasteiger partial charge on any atom is -0.401 e. The van der Waals surface area contributed by atoms with Gasteiger partial charge in [0, 0.05) is 14.2 Å². The molecule has 0 amide bonds. The van der Waals surface area contributed by atoms with E-state index in [4.69, 9.17) is 13.5 Å². The fourth-order valence-electron chi connectivity index (χ4n) is 3.05. The molecule has 0 aliphatic heterocycles. The van der Waals surface area contributed by atoms with Gasteiger partial charge in [0.2, 0.25) is 0 Å². The van der Waals surface area contributed by atoms with Crippen molar-refractivity contribution in [1.29, 1.82) is 0 Å². The van der Waals surface area contributed by atoms with Crippen molar-refractivity contribution in [3.05, 3.63) is 46.6 Å². The highest BCUT2D eigenvalue weighted by Crippen LogP contribution is 2.53. The van der Waals surface area contributed by atoms with Crippen molar-refractivity contribution >= 4 is 15.9 Å². The van der Waals surface area contributed by atoms with E-state index in [-0.39, 0.29) is 0 Å². The van der Waals surface area contributed by atoms with Crippen LogP contribution in [0.5, 0.6) is 0 Å². The monoisotopic (exact) mass is 470 g/mol. The summed E-state index contributed by atoms with van der Waals surface area (Å²) < 4.78 is 29.4. The number of hydrogen-bond acceptors (Lipinski definition) is 4. The van der Waals surface area contributed by atoms with Crippen molar-refractivity contribution in [1.82, 2.24) is 0 Å². The van der Waals surface area contributed by atoms with Crippen molar-refractivity contribution in [2.75, 3.05) is 14.2 Å². The van der Waals surface area contributed by atoms with Crippen LogP contribution in [-0.2, 0) is 18.0 Å². The lowest BCUT2D eigenvalue weighted by Gasteiger charge is -2.28. The highest BCUT2D eigenvalue weighted by Gasteiger charge is 2.36. The maximum absolute atomic E-state index is 12.9. The molecule has 0 saturated heterocycles. The molecule has 1 atom stereocenters. The van der Waals surface area contributed by atoms with Crippen LogP contribution in [-0.4, -0.2) is 28.4 Å². The summed E-state index contributed by atoms with van der Waals surface area (Å²) in [6.45, 7) is 17.0. The summed E-state index contributed by atoms with van der Waals surface area (Å²) in [5.74, 6) is -0.654. The third kappa shape index (κ3) is 14.9. The average Bonchev–Trinajstić information content (AvgIpc) is 2.65. The molecule has 0 radical (unpaired) electrons. The van der Waals surface area contributed by atoms with Crippen LogP contribution in [0.3, 0.4) is 0 Å². The Kier molecular flexibility index (Phi) is 14.8. The molecule has 0 aromatic rings. The summed E-state index contributed by atoms with van der Waals surface area (Å²) in [7, 11) is -2.41. The van der Waals surface area contributed by atoms with E-state index < -0.39 is 21.8 Å². The molecule has 6 heteroatoms. The molecule has 0 aliphatic rings. The Hall–Kier alpha value is -0.713. The number of hydrogen-bond donors (Lipinski definition) is 0. The molecule has 31 heavy (non-hydrogen) atoms. The molecule has 0 saturated carbocycles. The molecule has 0 heterocycles. The smallest absolute Gasteiger partial charge is 0.361 e. The zero-order chi connectivity index (χ0) is 24.1. The van der Waals surface area contributed by atoms with Crippen molar-refractivity contribution in [3.8, 4) is 0 Å². The van der Waals surface area contributed by atoms with Crippen molar-refractivity contribution in [3.63, 3.8) is 0 Å². The lowest BCUT2D eigenvalue weighted by Crippen LogP contribution is -2.31. The second-order valence-corrected chi connectivity index (χ2v) is 16.3. The van der Waals surface area contributed by atoms with Crippen LogP contribution in [0.4, 0.5) is 0 Å². The van der Waals surface area contributed by atoms with E-state index in [9.17, 15) is 4.57 Å². The Morgan fingerprint density at radius 1 is 0.774 bits per heavy atom. The molecular formula is C25H47O4PSi. The predicted molar refractivity (Wildman–Crippen MR) is 138 cm³/mol. The minimum absolute atomic E-state index is 0.654. The Labute approximate surface area is 193 Å². The molecule has 0 bridgehead atoms. The topological polar surface area (TPSA) is 44.8 Å². The van der Waals surface area contributed by atoms with Gasteiger partial charge in [-0.25, -0.2) is 0 Å². The van der Waals surface area contributed by atoms with Crippen molar-refractivity contribution in [2.24, 2.45) is 0 Å². The van der Waals surface area contributed by atoms with Crippen LogP contribution in [0, 0.1) is 0 Å². The average molecular weight is 471 g/mol. The van der Waals surface area contributed by atoms with E-state index in [1.54, 1.807) is 0 Å². The van der Waals surface area contributed by atoms with Crippen LogP contribution >= 0.6 is 7.60 Å². The van der Waals surface area contributed by atoms with Gasteiger partial charge in [0.25, 0.3) is 0 Å². The summed E-state index contributed by atoms with van der Waals surface area (Å²) in [5.41, 5.74) is 5.41. The van der Waals surface area contributed by atoms with E-state index >= 15 is 0 Å². The van der Waals surface area contributed by atoms with Gasteiger partial charge in [0.15, 0.2) is 14.2 Å². The summed E-state index contributed by atoms with van der Waals surface area (Å²) in [5, 5.41) is 0. The summed E-state index contributed by atoms with van der Waals surface area (Å²) in [6.07, 6.45) is 15.2. The van der Waals surface area contributed by atoms with Gasteiger partial charge >= 0.3 is 7.60 Å². The third-order valence-electron chi connectivity index (χ3n) is 4.88. The second-order valence-electron chi connectivity index (χ2n) is 9.54. The molecule has 0 aromatic carbocycles. The van der Waals surface area contributed by atoms with Gasteiger partial charge in [-0.15, -0.1) is 0 Å². The first-order chi connectivity index (χ1) is 14.3. The molecule has 0 fully saturated rings. The molecule has 0 spiro atoms. The van der Waals surface area contributed by atoms with Crippen LogP contribution in [0.2, 0.25) is 19.6 Å². The van der Waals surface area contributed by atoms with E-state index in [2.05, 4.69) is 72.5 Å². The second kappa shape index (κ2) is 15.2. The molecule has 4 nitrogen and oxygen atoms in total. The predicted octanol–water partition coefficient (Wildman–Crippen LogP) is 8.80. The first kappa shape index (κ1) is 30.3. The van der Waals surface area contributed by atoms with Gasteiger partial charge in [0.05, 0.1) is 0 Å². The molecule has 180 valence electrons. The van der Waals surface area contributed by atoms with Gasteiger partial charge in [-0.3, -0.25) is 4.57 Å². The minimum atomic E-state index is -3.32. The van der Waals surface area contributed by atoms with E-state index in [0.29, 0.717) is 0 Å².